The number of hydrogen-bond donors (Lipinski definition) is 8. The number of methoxy groups -OCH3 is 4. The van der Waals surface area contributed by atoms with Crippen LogP contribution >= 0.6 is 46.4 Å². The number of aromatic nitrogens is 4. The lowest BCUT2D eigenvalue weighted by molar-refractivity contribution is 0.0963. The molecule has 716 valence electrons. The maximum Gasteiger partial charge on any atom is 0.191 e. The molecule has 0 aliphatic heterocycles. The number of carbonyl (C=O) groups is 4. The number of halogens is 6. The zero-order valence-electron chi connectivity index (χ0n) is 77.7. The predicted octanol–water partition coefficient (Wildman–Crippen LogP) is 23.8. The van der Waals surface area contributed by atoms with Crippen molar-refractivity contribution in [3.05, 3.63) is 352 Å². The van der Waals surface area contributed by atoms with Crippen molar-refractivity contribution in [3.8, 4) is 23.0 Å². The fourth-order valence-electron chi connectivity index (χ4n) is 16.1. The summed E-state index contributed by atoms with van der Waals surface area (Å²) in [5.74, 6) is -0.284. The van der Waals surface area contributed by atoms with Crippen LogP contribution in [-0.2, 0) is 39.3 Å². The zero-order chi connectivity index (χ0) is 100. The van der Waals surface area contributed by atoms with Gasteiger partial charge < -0.3 is 60.2 Å². The van der Waals surface area contributed by atoms with Crippen LogP contribution in [0.25, 0.3) is 43.6 Å². The number of benzene rings is 12. The van der Waals surface area contributed by atoms with Gasteiger partial charge in [-0.15, -0.1) is 0 Å². The minimum Gasteiger partial charge on any atom is -0.497 e. The molecule has 0 bridgehead atoms. The molecule has 138 heavy (non-hydrogen) atoms. The number of ketones is 4. The molecule has 0 fully saturated rings. The van der Waals surface area contributed by atoms with Gasteiger partial charge in [0.1, 0.15) is 58.8 Å². The molecule has 4 unspecified atom stereocenters. The summed E-state index contributed by atoms with van der Waals surface area (Å²) < 4.78 is 147. The summed E-state index contributed by atoms with van der Waals surface area (Å²) >= 11 is 24.6. The molecule has 0 aliphatic rings. The van der Waals surface area contributed by atoms with Gasteiger partial charge >= 0.3 is 0 Å². The smallest absolute Gasteiger partial charge is 0.191 e. The average molecular weight is 2020 g/mol. The number of Topliss-reactive ketones (excluding diaryl/α,β-unsaturated/α-hetero) is 4. The highest BCUT2D eigenvalue weighted by atomic mass is 35.5. The van der Waals surface area contributed by atoms with Crippen molar-refractivity contribution in [2.24, 2.45) is 0 Å². The SMILES string of the molecule is COc1cc(NC(C(=O)c2c[nH]c3c(C)c(F)ccc23)c2ccc(Cl)cc2C)cc(S(C)(=O)=O)c1.COc1cc(NC(C(=O)c2c[nH]c3cc(C)c(C)cc23)c2ccc(Cl)cc2C)cc(S(C)(=O)=O)c1.COc1cc(NC(C(=O)c2c[nH]c3cc(C)ccc23)c2ccc(Cl)cc2C)cc(S(C)(=O)=O)c1.COc1cc(NC(C(=O)c2c[nH]c3cc(F)ccc23)c2ccc(Cl)cc2C)cc(S(C)(=O)=O)c1. The molecular formula is C104H98Cl4F2N8O16S4. The summed E-state index contributed by atoms with van der Waals surface area (Å²) in [4.78, 5) is 68.3. The molecule has 0 saturated heterocycles. The first-order valence-electron chi connectivity index (χ1n) is 42.6. The molecule has 4 aromatic heterocycles. The van der Waals surface area contributed by atoms with Crippen molar-refractivity contribution < 1.29 is 80.6 Å². The number of carbonyl (C=O) groups excluding carboxylic acids is 4. The highest BCUT2D eigenvalue weighted by Gasteiger charge is 2.33. The number of aryl methyl sites for hydroxylation is 8. The van der Waals surface area contributed by atoms with Crippen molar-refractivity contribution in [3.63, 3.8) is 0 Å². The molecular weight excluding hydrogens is 1930 g/mol. The minimum atomic E-state index is -3.54. The maximum atomic E-state index is 14.1. The second kappa shape index (κ2) is 41.9. The summed E-state index contributed by atoms with van der Waals surface area (Å²) in [6.07, 6.45) is 11.0. The van der Waals surface area contributed by atoms with Crippen LogP contribution in [0.2, 0.25) is 20.1 Å². The minimum absolute atomic E-state index is 0.0518. The van der Waals surface area contributed by atoms with Gasteiger partial charge in [-0.1, -0.05) is 82.8 Å². The molecule has 34 heteroatoms. The molecule has 0 amide bonds. The predicted molar refractivity (Wildman–Crippen MR) is 544 cm³/mol. The molecule has 0 saturated carbocycles. The Morgan fingerprint density at radius 2 is 0.587 bits per heavy atom. The van der Waals surface area contributed by atoms with E-state index < -0.39 is 69.3 Å². The van der Waals surface area contributed by atoms with Gasteiger partial charge in [0.05, 0.1) is 53.5 Å². The Balaban J connectivity index is 0.000000155. The number of aromatic amines is 4. The Morgan fingerprint density at radius 3 is 0.906 bits per heavy atom. The van der Waals surface area contributed by atoms with E-state index in [2.05, 4.69) is 41.2 Å². The van der Waals surface area contributed by atoms with Crippen LogP contribution < -0.4 is 40.2 Å². The van der Waals surface area contributed by atoms with Crippen LogP contribution in [0, 0.1) is 67.0 Å². The van der Waals surface area contributed by atoms with Crippen LogP contribution in [-0.4, -0.2) is 130 Å². The number of fused-ring (bicyclic) bond motifs is 4. The van der Waals surface area contributed by atoms with Crippen LogP contribution in [0.3, 0.4) is 0 Å². The number of nitrogens with one attached hydrogen (secondary N) is 8. The standard InChI is InChI=1S/C27H27ClN2O4S.C26H24ClFN2O4S.C26H25ClN2O4S.C25H22ClFN2O4S/c1-15-9-23-24(14-29-25(23)10-16(15)2)27(31)26(22-7-6-18(28)8-17(22)3)30-19-11-20(34-4)13-21(12-19)35(5,32)33;1-14-9-16(27)5-6-20(14)25(30-17-10-18(34-3)12-19(11-17)35(4,32)33)26(31)22-13-29-24-15(2)23(28)8-7-21(22)24;1-15-5-7-22-23(14-28-24(22)9-15)26(30)25(21-8-6-17(27)10-16(21)2)29-18-11-19(33-3)13-20(12-18)34(4,31)32;1-14-8-15(26)4-6-20(14)24(25(30)22-13-28-23-9-16(27)5-7-21(22)23)29-17-10-18(33-2)12-19(11-17)34(3,31)32/h6-14,26,29-30H,1-5H3;5-13,25,29-30H,1-4H3;5-14,25,28-29H,1-4H3;4-13,24,28-29H,1-3H3. The van der Waals surface area contributed by atoms with E-state index in [0.29, 0.717) is 127 Å². The van der Waals surface area contributed by atoms with Gasteiger partial charge in [0.15, 0.2) is 62.5 Å². The van der Waals surface area contributed by atoms with E-state index in [1.54, 1.807) is 129 Å². The third-order valence-electron chi connectivity index (χ3n) is 23.5. The quantitative estimate of drug-likeness (QED) is 0.0211. The van der Waals surface area contributed by atoms with Crippen LogP contribution in [0.1, 0.15) is 132 Å². The number of H-pyrrole nitrogens is 4. The first kappa shape index (κ1) is 102. The van der Waals surface area contributed by atoms with E-state index in [-0.39, 0.29) is 48.5 Å². The van der Waals surface area contributed by atoms with E-state index in [1.807, 2.05) is 90.9 Å². The Hall–Kier alpha value is -13.3. The van der Waals surface area contributed by atoms with Crippen molar-refractivity contribution in [1.29, 1.82) is 0 Å². The van der Waals surface area contributed by atoms with Crippen LogP contribution in [0.5, 0.6) is 23.0 Å². The molecule has 0 radical (unpaired) electrons. The molecule has 16 rings (SSSR count). The number of ether oxygens (including phenoxy) is 4. The lowest BCUT2D eigenvalue weighted by atomic mass is 9.93. The summed E-state index contributed by atoms with van der Waals surface area (Å²) in [5.41, 5.74) is 16.0. The third-order valence-corrected chi connectivity index (χ3v) is 28.8. The Morgan fingerprint density at radius 1 is 0.304 bits per heavy atom. The van der Waals surface area contributed by atoms with Gasteiger partial charge in [-0.3, -0.25) is 19.2 Å². The van der Waals surface area contributed by atoms with E-state index in [1.165, 1.54) is 95.2 Å². The third kappa shape index (κ3) is 23.6. The van der Waals surface area contributed by atoms with Crippen molar-refractivity contribution in [2.45, 2.75) is 99.1 Å². The summed E-state index contributed by atoms with van der Waals surface area (Å²) in [6, 6.07) is 52.9. The Bertz CT molecular complexity index is 7620. The number of rotatable bonds is 28. The lowest BCUT2D eigenvalue weighted by Crippen LogP contribution is -2.22. The normalized spacial score (nSPS) is 12.5. The van der Waals surface area contributed by atoms with Gasteiger partial charge in [-0.25, -0.2) is 42.5 Å². The first-order valence-corrected chi connectivity index (χ1v) is 51.7. The fourth-order valence-corrected chi connectivity index (χ4v) is 19.7. The number of anilines is 4. The largest absolute Gasteiger partial charge is 0.497 e. The topological polar surface area (TPSA) is 353 Å². The second-order valence-corrected chi connectivity index (χ2v) is 43.4. The second-order valence-electron chi connectivity index (χ2n) is 33.6. The summed E-state index contributed by atoms with van der Waals surface area (Å²) in [6.45, 7) is 15.1. The number of sulfone groups is 4. The highest BCUT2D eigenvalue weighted by molar-refractivity contribution is 7.91. The molecule has 4 heterocycles. The van der Waals surface area contributed by atoms with Gasteiger partial charge in [0, 0.05) is 183 Å². The van der Waals surface area contributed by atoms with Crippen LogP contribution in [0.4, 0.5) is 31.5 Å². The molecule has 12 aromatic carbocycles. The number of hydrogen-bond acceptors (Lipinski definition) is 20. The van der Waals surface area contributed by atoms with Gasteiger partial charge in [0.25, 0.3) is 0 Å². The van der Waals surface area contributed by atoms with Crippen molar-refractivity contribution >= 4 is 175 Å². The van der Waals surface area contributed by atoms with Crippen molar-refractivity contribution in [1.82, 2.24) is 19.9 Å². The van der Waals surface area contributed by atoms with Gasteiger partial charge in [-0.05, 0) is 262 Å². The Labute approximate surface area is 818 Å². The fraction of sp³-hybridized carbons (Fsp3) is 0.192. The first-order chi connectivity index (χ1) is 65.1. The van der Waals surface area contributed by atoms with Crippen LogP contribution in [0.15, 0.2) is 251 Å². The molecule has 0 aliphatic carbocycles. The zero-order valence-corrected chi connectivity index (χ0v) is 84.0. The highest BCUT2D eigenvalue weighted by Crippen LogP contribution is 2.41. The molecule has 8 N–H and O–H groups in total. The van der Waals surface area contributed by atoms with E-state index >= 15 is 0 Å². The monoisotopic (exact) mass is 2020 g/mol. The van der Waals surface area contributed by atoms with Gasteiger partial charge in [-0.2, -0.15) is 0 Å². The molecule has 0 spiro atoms. The van der Waals surface area contributed by atoms with Gasteiger partial charge in [0.2, 0.25) is 0 Å². The summed E-state index contributed by atoms with van der Waals surface area (Å²) in [7, 11) is -8.27. The van der Waals surface area contributed by atoms with E-state index in [4.69, 9.17) is 65.4 Å². The molecule has 24 nitrogen and oxygen atoms in total. The Kier molecular flexibility index (Phi) is 31.0. The average Bonchev–Trinajstić information content (AvgIpc) is 1.55. The summed E-state index contributed by atoms with van der Waals surface area (Å²) in [5, 5.41) is 17.9. The molecule has 16 aromatic rings. The molecule has 4 atom stereocenters. The maximum absolute atomic E-state index is 14.1. The van der Waals surface area contributed by atoms with E-state index in [0.717, 1.165) is 96.9 Å². The van der Waals surface area contributed by atoms with E-state index in [9.17, 15) is 61.6 Å². The lowest BCUT2D eigenvalue weighted by Gasteiger charge is -2.22. The van der Waals surface area contributed by atoms with Crippen molar-refractivity contribution in [2.75, 3.05) is 74.7 Å².